The van der Waals surface area contributed by atoms with Gasteiger partial charge in [0, 0.05) is 12.1 Å². The van der Waals surface area contributed by atoms with E-state index in [4.69, 9.17) is 10.5 Å². The maximum atomic E-state index is 11.6. The standard InChI is InChI=1S/C16H23NO2/c1-2-19-16(18)11-12-4-3-5-14(10-12)13-6-8-15(17)9-7-13/h6-9,12,14H,2-5,10-11,17H2,1H3/t12-,14+/m1/s1. The molecule has 104 valence electrons. The van der Waals surface area contributed by atoms with Crippen molar-refractivity contribution in [2.45, 2.75) is 44.9 Å². The van der Waals surface area contributed by atoms with Gasteiger partial charge in [-0.15, -0.1) is 0 Å². The van der Waals surface area contributed by atoms with Gasteiger partial charge in [-0.3, -0.25) is 4.79 Å². The minimum Gasteiger partial charge on any atom is -0.466 e. The van der Waals surface area contributed by atoms with Gasteiger partial charge in [-0.1, -0.05) is 18.6 Å². The molecule has 1 aliphatic rings. The second kappa shape index (κ2) is 6.60. The van der Waals surface area contributed by atoms with Crippen LogP contribution in [0, 0.1) is 5.92 Å². The molecule has 0 heterocycles. The SMILES string of the molecule is CCOC(=O)C[C@@H]1CCC[C@H](c2ccc(N)cc2)C1. The fourth-order valence-electron chi connectivity index (χ4n) is 3.00. The van der Waals surface area contributed by atoms with Gasteiger partial charge in [0.05, 0.1) is 6.61 Å². The lowest BCUT2D eigenvalue weighted by atomic mass is 9.77. The maximum Gasteiger partial charge on any atom is 0.306 e. The molecule has 0 saturated heterocycles. The summed E-state index contributed by atoms with van der Waals surface area (Å²) >= 11 is 0. The third-order valence-electron chi connectivity index (χ3n) is 3.95. The van der Waals surface area contributed by atoms with Gasteiger partial charge >= 0.3 is 5.97 Å². The molecule has 0 aromatic heterocycles. The summed E-state index contributed by atoms with van der Waals surface area (Å²) in [5.74, 6) is 0.981. The number of anilines is 1. The number of ether oxygens (including phenoxy) is 1. The van der Waals surface area contributed by atoms with E-state index in [1.807, 2.05) is 19.1 Å². The Morgan fingerprint density at radius 2 is 2.05 bits per heavy atom. The molecular weight excluding hydrogens is 238 g/mol. The number of carbonyl (C=O) groups is 1. The first-order valence-corrected chi connectivity index (χ1v) is 7.20. The molecule has 1 fully saturated rings. The summed E-state index contributed by atoms with van der Waals surface area (Å²) in [4.78, 5) is 11.6. The molecule has 0 aliphatic heterocycles. The smallest absolute Gasteiger partial charge is 0.306 e. The van der Waals surface area contributed by atoms with Crippen molar-refractivity contribution in [2.75, 3.05) is 12.3 Å². The maximum absolute atomic E-state index is 11.6. The van der Waals surface area contributed by atoms with Crippen molar-refractivity contribution < 1.29 is 9.53 Å². The van der Waals surface area contributed by atoms with Gasteiger partial charge in [0.2, 0.25) is 0 Å². The van der Waals surface area contributed by atoms with E-state index in [0.29, 0.717) is 24.9 Å². The van der Waals surface area contributed by atoms with E-state index in [2.05, 4.69) is 12.1 Å². The molecule has 1 aromatic rings. The summed E-state index contributed by atoms with van der Waals surface area (Å²) in [6.45, 7) is 2.34. The Kier molecular flexibility index (Phi) is 4.83. The van der Waals surface area contributed by atoms with Crippen LogP contribution in [0.4, 0.5) is 5.69 Å². The number of nitrogen functional groups attached to an aromatic ring is 1. The molecule has 0 unspecified atom stereocenters. The van der Waals surface area contributed by atoms with Crippen LogP contribution in [-0.2, 0) is 9.53 Å². The van der Waals surface area contributed by atoms with E-state index in [1.54, 1.807) is 0 Å². The van der Waals surface area contributed by atoms with E-state index in [9.17, 15) is 4.79 Å². The fourth-order valence-corrected chi connectivity index (χ4v) is 3.00. The zero-order chi connectivity index (χ0) is 13.7. The minimum atomic E-state index is -0.0505. The quantitative estimate of drug-likeness (QED) is 0.666. The molecule has 2 rings (SSSR count). The van der Waals surface area contributed by atoms with Crippen molar-refractivity contribution in [1.29, 1.82) is 0 Å². The van der Waals surface area contributed by atoms with Gasteiger partial charge in [-0.25, -0.2) is 0 Å². The van der Waals surface area contributed by atoms with Gasteiger partial charge in [0.15, 0.2) is 0 Å². The molecule has 3 nitrogen and oxygen atoms in total. The van der Waals surface area contributed by atoms with Crippen molar-refractivity contribution in [2.24, 2.45) is 5.92 Å². The number of benzene rings is 1. The van der Waals surface area contributed by atoms with Crippen LogP contribution < -0.4 is 5.73 Å². The van der Waals surface area contributed by atoms with E-state index in [-0.39, 0.29) is 5.97 Å². The Morgan fingerprint density at radius 1 is 1.32 bits per heavy atom. The molecule has 0 amide bonds. The Hall–Kier alpha value is -1.51. The van der Waals surface area contributed by atoms with Crippen molar-refractivity contribution in [3.05, 3.63) is 29.8 Å². The number of hydrogen-bond donors (Lipinski definition) is 1. The van der Waals surface area contributed by atoms with Gasteiger partial charge < -0.3 is 10.5 Å². The summed E-state index contributed by atoms with van der Waals surface area (Å²) in [7, 11) is 0. The van der Waals surface area contributed by atoms with Crippen LogP contribution in [0.3, 0.4) is 0 Å². The van der Waals surface area contributed by atoms with E-state index < -0.39 is 0 Å². The first-order valence-electron chi connectivity index (χ1n) is 7.20. The highest BCUT2D eigenvalue weighted by Crippen LogP contribution is 2.37. The van der Waals surface area contributed by atoms with Crippen molar-refractivity contribution in [1.82, 2.24) is 0 Å². The minimum absolute atomic E-state index is 0.0505. The molecule has 19 heavy (non-hydrogen) atoms. The van der Waals surface area contributed by atoms with Gasteiger partial charge in [0.1, 0.15) is 0 Å². The third-order valence-corrected chi connectivity index (χ3v) is 3.95. The zero-order valence-corrected chi connectivity index (χ0v) is 11.6. The molecule has 1 aliphatic carbocycles. The highest BCUT2D eigenvalue weighted by atomic mass is 16.5. The molecular formula is C16H23NO2. The average molecular weight is 261 g/mol. The lowest BCUT2D eigenvalue weighted by Gasteiger charge is -2.29. The van der Waals surface area contributed by atoms with Crippen LogP contribution in [0.25, 0.3) is 0 Å². The Morgan fingerprint density at radius 3 is 2.74 bits per heavy atom. The van der Waals surface area contributed by atoms with Crippen LogP contribution in [0.15, 0.2) is 24.3 Å². The van der Waals surface area contributed by atoms with Crippen molar-refractivity contribution in [3.63, 3.8) is 0 Å². The predicted octanol–water partition coefficient (Wildman–Crippen LogP) is 3.50. The number of nitrogens with two attached hydrogens (primary N) is 1. The first-order chi connectivity index (χ1) is 9.19. The second-order valence-corrected chi connectivity index (χ2v) is 5.41. The van der Waals surface area contributed by atoms with E-state index in [1.165, 1.54) is 18.4 Å². The fraction of sp³-hybridized carbons (Fsp3) is 0.562. The molecule has 2 N–H and O–H groups in total. The Bertz CT molecular complexity index is 413. The molecule has 3 heteroatoms. The van der Waals surface area contributed by atoms with Crippen LogP contribution >= 0.6 is 0 Å². The van der Waals surface area contributed by atoms with Crippen LogP contribution in [0.1, 0.15) is 50.5 Å². The molecule has 0 radical (unpaired) electrons. The van der Waals surface area contributed by atoms with Gasteiger partial charge in [0.25, 0.3) is 0 Å². The monoisotopic (exact) mass is 261 g/mol. The summed E-state index contributed by atoms with van der Waals surface area (Å²) in [6, 6.07) is 8.16. The summed E-state index contributed by atoms with van der Waals surface area (Å²) in [5.41, 5.74) is 7.88. The average Bonchev–Trinajstić information content (AvgIpc) is 2.40. The molecule has 0 spiro atoms. The Balaban J connectivity index is 1.93. The van der Waals surface area contributed by atoms with E-state index in [0.717, 1.165) is 18.5 Å². The number of rotatable bonds is 4. The van der Waals surface area contributed by atoms with E-state index >= 15 is 0 Å². The molecule has 1 saturated carbocycles. The van der Waals surface area contributed by atoms with Crippen molar-refractivity contribution in [3.8, 4) is 0 Å². The van der Waals surface area contributed by atoms with Crippen molar-refractivity contribution >= 4 is 11.7 Å². The number of esters is 1. The highest BCUT2D eigenvalue weighted by molar-refractivity contribution is 5.69. The predicted molar refractivity (Wildman–Crippen MR) is 76.8 cm³/mol. The Labute approximate surface area is 115 Å². The highest BCUT2D eigenvalue weighted by Gasteiger charge is 2.25. The third kappa shape index (κ3) is 3.98. The lowest BCUT2D eigenvalue weighted by molar-refractivity contribution is -0.144. The number of carbonyl (C=O) groups excluding carboxylic acids is 1. The molecule has 2 atom stereocenters. The normalized spacial score (nSPS) is 23.0. The van der Waals surface area contributed by atoms with Crippen LogP contribution in [0.2, 0.25) is 0 Å². The second-order valence-electron chi connectivity index (χ2n) is 5.41. The summed E-state index contributed by atoms with van der Waals surface area (Å²) in [5, 5.41) is 0. The summed E-state index contributed by atoms with van der Waals surface area (Å²) in [6.07, 6.45) is 5.20. The van der Waals surface area contributed by atoms with Crippen LogP contribution in [0.5, 0.6) is 0 Å². The lowest BCUT2D eigenvalue weighted by Crippen LogP contribution is -2.18. The topological polar surface area (TPSA) is 52.3 Å². The molecule has 0 bridgehead atoms. The zero-order valence-electron chi connectivity index (χ0n) is 11.6. The number of hydrogen-bond acceptors (Lipinski definition) is 3. The summed E-state index contributed by atoms with van der Waals surface area (Å²) < 4.78 is 5.05. The van der Waals surface area contributed by atoms with Crippen LogP contribution in [-0.4, -0.2) is 12.6 Å². The first kappa shape index (κ1) is 13.9. The molecule has 1 aromatic carbocycles. The van der Waals surface area contributed by atoms with Gasteiger partial charge in [-0.05, 0) is 55.7 Å². The van der Waals surface area contributed by atoms with Gasteiger partial charge in [-0.2, -0.15) is 0 Å². The largest absolute Gasteiger partial charge is 0.466 e.